The molecule has 1 aromatic rings. The van der Waals surface area contributed by atoms with E-state index in [2.05, 4.69) is 31.9 Å². The highest BCUT2D eigenvalue weighted by Gasteiger charge is 2.17. The van der Waals surface area contributed by atoms with E-state index in [4.69, 9.17) is 0 Å². The minimum Gasteiger partial charge on any atom is -0.354 e. The fourth-order valence-electron chi connectivity index (χ4n) is 2.70. The lowest BCUT2D eigenvalue weighted by Crippen LogP contribution is -2.46. The monoisotopic (exact) mass is 319 g/mol. The minimum atomic E-state index is -0.0430. The number of hydrogen-bond donors (Lipinski definition) is 1. The van der Waals surface area contributed by atoms with Crippen LogP contribution in [0.1, 0.15) is 23.7 Å². The van der Waals surface area contributed by atoms with E-state index in [1.165, 1.54) is 0 Å². The number of aromatic nitrogens is 1. The van der Waals surface area contributed by atoms with Crippen LogP contribution < -0.4 is 10.2 Å². The molecule has 0 aliphatic carbocycles. The van der Waals surface area contributed by atoms with E-state index in [0.717, 1.165) is 51.5 Å². The van der Waals surface area contributed by atoms with Gasteiger partial charge in [0.15, 0.2) is 0 Å². The molecule has 1 aromatic heterocycles. The Morgan fingerprint density at radius 3 is 2.57 bits per heavy atom. The predicted octanol–water partition coefficient (Wildman–Crippen LogP) is 0.905. The molecule has 128 valence electrons. The number of anilines is 1. The molecule has 0 radical (unpaired) electrons. The molecule has 6 heteroatoms. The first kappa shape index (κ1) is 17.7. The largest absolute Gasteiger partial charge is 0.354 e. The van der Waals surface area contributed by atoms with E-state index in [1.807, 2.05) is 26.2 Å². The van der Waals surface area contributed by atoms with Crippen molar-refractivity contribution in [2.24, 2.45) is 0 Å². The van der Waals surface area contributed by atoms with Gasteiger partial charge in [0.2, 0.25) is 0 Å². The molecule has 0 atom stereocenters. The maximum Gasteiger partial charge on any atom is 0.252 e. The van der Waals surface area contributed by atoms with Crippen molar-refractivity contribution in [3.8, 4) is 0 Å². The number of carbonyl (C=O) groups is 1. The van der Waals surface area contributed by atoms with Gasteiger partial charge in [0, 0.05) is 38.9 Å². The summed E-state index contributed by atoms with van der Waals surface area (Å²) in [7, 11) is 4.07. The molecule has 2 rings (SSSR count). The fourth-order valence-corrected chi connectivity index (χ4v) is 2.70. The van der Waals surface area contributed by atoms with Crippen LogP contribution in [-0.4, -0.2) is 80.6 Å². The summed E-state index contributed by atoms with van der Waals surface area (Å²) in [4.78, 5) is 23.4. The molecule has 0 saturated carbocycles. The number of pyridine rings is 1. The van der Waals surface area contributed by atoms with Gasteiger partial charge in [0.25, 0.3) is 5.91 Å². The molecule has 1 aliphatic heterocycles. The summed E-state index contributed by atoms with van der Waals surface area (Å²) < 4.78 is 0. The predicted molar refractivity (Wildman–Crippen MR) is 94.1 cm³/mol. The molecule has 2 heterocycles. The number of nitrogens with one attached hydrogen (secondary N) is 1. The number of piperazine rings is 1. The van der Waals surface area contributed by atoms with Crippen LogP contribution in [0.25, 0.3) is 0 Å². The maximum atomic E-state index is 12.1. The van der Waals surface area contributed by atoms with E-state index in [-0.39, 0.29) is 5.91 Å². The third-order valence-electron chi connectivity index (χ3n) is 4.22. The number of amides is 1. The van der Waals surface area contributed by atoms with E-state index in [1.54, 1.807) is 6.20 Å². The standard InChI is InChI=1S/C17H29N5O/c1-4-21-10-12-22(13-11-21)16-7-6-15(14-19-16)17(23)18-8-5-9-20(2)3/h6-7,14H,4-5,8-13H2,1-3H3,(H,18,23). The average Bonchev–Trinajstić information content (AvgIpc) is 2.58. The lowest BCUT2D eigenvalue weighted by molar-refractivity contribution is 0.0952. The zero-order valence-corrected chi connectivity index (χ0v) is 14.6. The highest BCUT2D eigenvalue weighted by atomic mass is 16.1. The van der Waals surface area contributed by atoms with Crippen LogP contribution in [0.4, 0.5) is 5.82 Å². The second kappa shape index (κ2) is 8.84. The normalized spacial score (nSPS) is 15.9. The molecule has 1 fully saturated rings. The van der Waals surface area contributed by atoms with Crippen molar-refractivity contribution in [3.63, 3.8) is 0 Å². The smallest absolute Gasteiger partial charge is 0.252 e. The van der Waals surface area contributed by atoms with Crippen LogP contribution in [-0.2, 0) is 0 Å². The van der Waals surface area contributed by atoms with Crippen molar-refractivity contribution in [2.75, 3.05) is 64.8 Å². The Balaban J connectivity index is 1.81. The zero-order chi connectivity index (χ0) is 16.7. The van der Waals surface area contributed by atoms with Gasteiger partial charge in [0.05, 0.1) is 5.56 Å². The van der Waals surface area contributed by atoms with Crippen LogP contribution >= 0.6 is 0 Å². The Bertz CT molecular complexity index is 480. The Morgan fingerprint density at radius 1 is 1.26 bits per heavy atom. The van der Waals surface area contributed by atoms with Crippen molar-refractivity contribution in [3.05, 3.63) is 23.9 Å². The van der Waals surface area contributed by atoms with Gasteiger partial charge in [-0.2, -0.15) is 0 Å². The molecule has 0 bridgehead atoms. The van der Waals surface area contributed by atoms with Gasteiger partial charge in [-0.15, -0.1) is 0 Å². The van der Waals surface area contributed by atoms with E-state index in [9.17, 15) is 4.79 Å². The Labute approximate surface area is 139 Å². The molecule has 1 aliphatic rings. The third kappa shape index (κ3) is 5.48. The van der Waals surface area contributed by atoms with Crippen molar-refractivity contribution < 1.29 is 4.79 Å². The van der Waals surface area contributed by atoms with Crippen molar-refractivity contribution in [1.82, 2.24) is 20.1 Å². The van der Waals surface area contributed by atoms with E-state index >= 15 is 0 Å². The highest BCUT2D eigenvalue weighted by Crippen LogP contribution is 2.14. The number of likely N-dealkylation sites (N-methyl/N-ethyl adjacent to an activating group) is 1. The van der Waals surface area contributed by atoms with Crippen molar-refractivity contribution in [2.45, 2.75) is 13.3 Å². The molecular formula is C17H29N5O. The molecule has 6 nitrogen and oxygen atoms in total. The van der Waals surface area contributed by atoms with Gasteiger partial charge in [0.1, 0.15) is 5.82 Å². The van der Waals surface area contributed by atoms with Gasteiger partial charge in [-0.25, -0.2) is 4.98 Å². The molecule has 1 saturated heterocycles. The number of carbonyl (C=O) groups excluding carboxylic acids is 1. The number of rotatable bonds is 7. The zero-order valence-electron chi connectivity index (χ0n) is 14.6. The van der Waals surface area contributed by atoms with Crippen LogP contribution in [0.15, 0.2) is 18.3 Å². The Morgan fingerprint density at radius 2 is 2.00 bits per heavy atom. The van der Waals surface area contributed by atoms with Gasteiger partial charge in [-0.1, -0.05) is 6.92 Å². The maximum absolute atomic E-state index is 12.1. The number of nitrogens with zero attached hydrogens (tertiary/aromatic N) is 4. The van der Waals surface area contributed by atoms with Gasteiger partial charge in [-0.3, -0.25) is 4.79 Å². The lowest BCUT2D eigenvalue weighted by Gasteiger charge is -2.34. The Hall–Kier alpha value is -1.66. The number of hydrogen-bond acceptors (Lipinski definition) is 5. The Kier molecular flexibility index (Phi) is 6.80. The van der Waals surface area contributed by atoms with Gasteiger partial charge >= 0.3 is 0 Å². The van der Waals surface area contributed by atoms with Crippen molar-refractivity contribution >= 4 is 11.7 Å². The molecule has 0 unspecified atom stereocenters. The molecule has 23 heavy (non-hydrogen) atoms. The molecule has 0 aromatic carbocycles. The molecule has 1 amide bonds. The van der Waals surface area contributed by atoms with Crippen LogP contribution in [0, 0.1) is 0 Å². The lowest BCUT2D eigenvalue weighted by atomic mass is 10.2. The quantitative estimate of drug-likeness (QED) is 0.757. The molecule has 1 N–H and O–H groups in total. The SMILES string of the molecule is CCN1CCN(c2ccc(C(=O)NCCCN(C)C)cn2)CC1. The molecule has 0 spiro atoms. The average molecular weight is 319 g/mol. The summed E-state index contributed by atoms with van der Waals surface area (Å²) in [5.41, 5.74) is 0.630. The van der Waals surface area contributed by atoms with Crippen molar-refractivity contribution in [1.29, 1.82) is 0 Å². The van der Waals surface area contributed by atoms with Crippen LogP contribution in [0.3, 0.4) is 0 Å². The summed E-state index contributed by atoms with van der Waals surface area (Å²) in [5.74, 6) is 0.920. The second-order valence-electron chi connectivity index (χ2n) is 6.24. The first-order valence-electron chi connectivity index (χ1n) is 8.46. The summed E-state index contributed by atoms with van der Waals surface area (Å²) in [6, 6.07) is 3.83. The van der Waals surface area contributed by atoms with E-state index < -0.39 is 0 Å². The van der Waals surface area contributed by atoms with Crippen LogP contribution in [0.5, 0.6) is 0 Å². The van der Waals surface area contributed by atoms with E-state index in [0.29, 0.717) is 12.1 Å². The van der Waals surface area contributed by atoms with Gasteiger partial charge < -0.3 is 20.0 Å². The van der Waals surface area contributed by atoms with Crippen LogP contribution in [0.2, 0.25) is 0 Å². The summed E-state index contributed by atoms with van der Waals surface area (Å²) >= 11 is 0. The first-order valence-corrected chi connectivity index (χ1v) is 8.46. The summed E-state index contributed by atoms with van der Waals surface area (Å²) in [6.45, 7) is 9.11. The fraction of sp³-hybridized carbons (Fsp3) is 0.647. The first-order chi connectivity index (χ1) is 11.1. The van der Waals surface area contributed by atoms with Gasteiger partial charge in [-0.05, 0) is 45.7 Å². The third-order valence-corrected chi connectivity index (χ3v) is 4.22. The topological polar surface area (TPSA) is 51.7 Å². The summed E-state index contributed by atoms with van der Waals surface area (Å²) in [5, 5.41) is 2.94. The second-order valence-corrected chi connectivity index (χ2v) is 6.24. The summed E-state index contributed by atoms with van der Waals surface area (Å²) in [6.07, 6.45) is 2.63. The highest BCUT2D eigenvalue weighted by molar-refractivity contribution is 5.94. The minimum absolute atomic E-state index is 0.0430. The molecular weight excluding hydrogens is 290 g/mol.